The molecular weight excluding hydrogens is 355 g/mol. The van der Waals surface area contributed by atoms with E-state index in [9.17, 15) is 9.18 Å². The van der Waals surface area contributed by atoms with Gasteiger partial charge >= 0.3 is 0 Å². The predicted molar refractivity (Wildman–Crippen MR) is 107 cm³/mol. The van der Waals surface area contributed by atoms with E-state index in [1.54, 1.807) is 6.07 Å². The Balaban J connectivity index is 1.41. The second-order valence-electron chi connectivity index (χ2n) is 7.20. The summed E-state index contributed by atoms with van der Waals surface area (Å²) >= 11 is 0. The van der Waals surface area contributed by atoms with Gasteiger partial charge in [0.05, 0.1) is 6.04 Å². The summed E-state index contributed by atoms with van der Waals surface area (Å²) in [5, 5.41) is 3.01. The molecule has 1 fully saturated rings. The first-order valence-corrected chi connectivity index (χ1v) is 9.50. The van der Waals surface area contributed by atoms with Crippen LogP contribution in [0.4, 0.5) is 10.1 Å². The fraction of sp³-hybridized carbons (Fsp3) is 0.273. The van der Waals surface area contributed by atoms with Crippen molar-refractivity contribution in [3.63, 3.8) is 0 Å². The lowest BCUT2D eigenvalue weighted by atomic mass is 10.1. The first-order valence-electron chi connectivity index (χ1n) is 9.50. The van der Waals surface area contributed by atoms with Crippen LogP contribution in [-0.4, -0.2) is 33.4 Å². The number of carbonyl (C=O) groups is 1. The summed E-state index contributed by atoms with van der Waals surface area (Å²) in [5.41, 5.74) is 3.50. The maximum atomic E-state index is 13.4. The lowest BCUT2D eigenvalue weighted by Gasteiger charge is -2.23. The second kappa shape index (κ2) is 7.94. The third kappa shape index (κ3) is 4.12. The van der Waals surface area contributed by atoms with Crippen LogP contribution in [0.2, 0.25) is 0 Å². The molecule has 2 heterocycles. The highest BCUT2D eigenvalue weighted by atomic mass is 19.1. The number of anilines is 1. The van der Waals surface area contributed by atoms with Gasteiger partial charge in [-0.2, -0.15) is 0 Å². The first-order chi connectivity index (χ1) is 13.6. The number of nitrogens with zero attached hydrogens (tertiary/aromatic N) is 2. The zero-order chi connectivity index (χ0) is 19.5. The molecule has 6 heteroatoms. The van der Waals surface area contributed by atoms with E-state index in [1.807, 2.05) is 43.5 Å². The molecule has 0 bridgehead atoms. The normalized spacial score (nSPS) is 17.0. The van der Waals surface area contributed by atoms with E-state index in [-0.39, 0.29) is 17.8 Å². The average molecular weight is 378 g/mol. The SMILES string of the molecule is Cc1ncc(CN2CCC[C@@H]2C(=O)Nc2ccc(-c3cccc(F)c3)cc2)[nH]1. The van der Waals surface area contributed by atoms with Crippen molar-refractivity contribution in [3.8, 4) is 11.1 Å². The quantitative estimate of drug-likeness (QED) is 0.702. The number of benzene rings is 2. The lowest BCUT2D eigenvalue weighted by molar-refractivity contribution is -0.120. The van der Waals surface area contributed by atoms with Crippen LogP contribution in [0.5, 0.6) is 0 Å². The first kappa shape index (κ1) is 18.4. The molecule has 1 aliphatic rings. The van der Waals surface area contributed by atoms with Crippen molar-refractivity contribution in [1.82, 2.24) is 14.9 Å². The molecule has 3 aromatic rings. The Hall–Kier alpha value is -2.99. The minimum atomic E-state index is -0.260. The van der Waals surface area contributed by atoms with Crippen LogP contribution in [0.1, 0.15) is 24.4 Å². The number of rotatable bonds is 5. The Morgan fingerprint density at radius 2 is 2.07 bits per heavy atom. The van der Waals surface area contributed by atoms with Crippen molar-refractivity contribution in [2.24, 2.45) is 0 Å². The summed E-state index contributed by atoms with van der Waals surface area (Å²) in [6, 6.07) is 13.8. The highest BCUT2D eigenvalue weighted by Gasteiger charge is 2.31. The van der Waals surface area contributed by atoms with Gasteiger partial charge in [-0.15, -0.1) is 0 Å². The standard InChI is InChI=1S/C22H23FN4O/c1-15-24-13-20(25-15)14-27-11-3-6-21(27)22(28)26-19-9-7-16(8-10-19)17-4-2-5-18(23)12-17/h2,4-5,7-10,12-13,21H,3,6,11,14H2,1H3,(H,24,25)(H,26,28)/t21-/m1/s1. The Morgan fingerprint density at radius 1 is 1.25 bits per heavy atom. The van der Waals surface area contributed by atoms with Gasteiger partial charge in [-0.05, 0) is 61.7 Å². The Labute approximate surface area is 163 Å². The number of imidazole rings is 1. The molecule has 2 aromatic carbocycles. The summed E-state index contributed by atoms with van der Waals surface area (Å²) in [6.45, 7) is 3.51. The van der Waals surface area contributed by atoms with Gasteiger partial charge in [0.25, 0.3) is 0 Å². The summed E-state index contributed by atoms with van der Waals surface area (Å²) in [7, 11) is 0. The van der Waals surface area contributed by atoms with Crippen LogP contribution in [0.3, 0.4) is 0 Å². The maximum absolute atomic E-state index is 13.4. The van der Waals surface area contributed by atoms with Gasteiger partial charge in [-0.25, -0.2) is 9.37 Å². The number of aromatic nitrogens is 2. The van der Waals surface area contributed by atoms with Crippen LogP contribution in [0, 0.1) is 12.7 Å². The van der Waals surface area contributed by atoms with E-state index in [2.05, 4.69) is 20.2 Å². The molecule has 5 nitrogen and oxygen atoms in total. The smallest absolute Gasteiger partial charge is 0.241 e. The van der Waals surface area contributed by atoms with Crippen molar-refractivity contribution in [2.45, 2.75) is 32.4 Å². The van der Waals surface area contributed by atoms with E-state index < -0.39 is 0 Å². The Kier molecular flexibility index (Phi) is 5.21. The molecule has 1 saturated heterocycles. The van der Waals surface area contributed by atoms with E-state index in [0.717, 1.165) is 47.7 Å². The van der Waals surface area contributed by atoms with Crippen molar-refractivity contribution >= 4 is 11.6 Å². The van der Waals surface area contributed by atoms with Crippen LogP contribution >= 0.6 is 0 Å². The van der Waals surface area contributed by atoms with Crippen molar-refractivity contribution in [2.75, 3.05) is 11.9 Å². The number of hydrogen-bond acceptors (Lipinski definition) is 3. The van der Waals surface area contributed by atoms with Gasteiger partial charge in [0, 0.05) is 24.1 Å². The molecule has 0 spiro atoms. The number of halogens is 1. The van der Waals surface area contributed by atoms with Gasteiger partial charge < -0.3 is 10.3 Å². The molecule has 1 atom stereocenters. The monoisotopic (exact) mass is 378 g/mol. The molecule has 4 rings (SSSR count). The summed E-state index contributed by atoms with van der Waals surface area (Å²) in [4.78, 5) is 22.4. The molecule has 0 saturated carbocycles. The zero-order valence-electron chi connectivity index (χ0n) is 15.8. The van der Waals surface area contributed by atoms with Crippen molar-refractivity contribution in [1.29, 1.82) is 0 Å². The van der Waals surface area contributed by atoms with Gasteiger partial charge in [-0.1, -0.05) is 24.3 Å². The zero-order valence-corrected chi connectivity index (χ0v) is 15.8. The Bertz CT molecular complexity index is 967. The van der Waals surface area contributed by atoms with Gasteiger partial charge in [0.15, 0.2) is 0 Å². The van der Waals surface area contributed by atoms with Crippen LogP contribution in [0.25, 0.3) is 11.1 Å². The molecule has 1 amide bonds. The fourth-order valence-electron chi connectivity index (χ4n) is 3.72. The highest BCUT2D eigenvalue weighted by molar-refractivity contribution is 5.95. The third-order valence-electron chi connectivity index (χ3n) is 5.11. The summed E-state index contributed by atoms with van der Waals surface area (Å²) in [6.07, 6.45) is 3.68. The molecule has 1 aliphatic heterocycles. The minimum absolute atomic E-state index is 0.00671. The van der Waals surface area contributed by atoms with Crippen molar-refractivity contribution < 1.29 is 9.18 Å². The molecule has 1 aromatic heterocycles. The molecule has 0 unspecified atom stereocenters. The van der Waals surface area contributed by atoms with Crippen LogP contribution in [-0.2, 0) is 11.3 Å². The number of nitrogens with one attached hydrogen (secondary N) is 2. The van der Waals surface area contributed by atoms with E-state index in [4.69, 9.17) is 0 Å². The van der Waals surface area contributed by atoms with Gasteiger partial charge in [0.2, 0.25) is 5.91 Å². The maximum Gasteiger partial charge on any atom is 0.241 e. The topological polar surface area (TPSA) is 61.0 Å². The predicted octanol–water partition coefficient (Wildman–Crippen LogP) is 4.13. The number of carbonyl (C=O) groups excluding carboxylic acids is 1. The average Bonchev–Trinajstić information content (AvgIpc) is 3.31. The number of aryl methyl sites for hydroxylation is 1. The minimum Gasteiger partial charge on any atom is -0.345 e. The molecule has 0 radical (unpaired) electrons. The van der Waals surface area contributed by atoms with Crippen LogP contribution in [0.15, 0.2) is 54.7 Å². The third-order valence-corrected chi connectivity index (χ3v) is 5.11. The van der Waals surface area contributed by atoms with Crippen molar-refractivity contribution in [3.05, 3.63) is 72.1 Å². The van der Waals surface area contributed by atoms with Gasteiger partial charge in [-0.3, -0.25) is 9.69 Å². The molecule has 2 N–H and O–H groups in total. The number of likely N-dealkylation sites (tertiary alicyclic amines) is 1. The number of aromatic amines is 1. The number of H-pyrrole nitrogens is 1. The summed E-state index contributed by atoms with van der Waals surface area (Å²) < 4.78 is 13.4. The molecule has 0 aliphatic carbocycles. The summed E-state index contributed by atoms with van der Waals surface area (Å²) in [5.74, 6) is 0.629. The Morgan fingerprint density at radius 3 is 2.79 bits per heavy atom. The van der Waals surface area contributed by atoms with E-state index in [1.165, 1.54) is 12.1 Å². The van der Waals surface area contributed by atoms with Gasteiger partial charge in [0.1, 0.15) is 11.6 Å². The van der Waals surface area contributed by atoms with E-state index in [0.29, 0.717) is 6.54 Å². The largest absolute Gasteiger partial charge is 0.345 e. The fourth-order valence-corrected chi connectivity index (χ4v) is 3.72. The van der Waals surface area contributed by atoms with Crippen LogP contribution < -0.4 is 5.32 Å². The highest BCUT2D eigenvalue weighted by Crippen LogP contribution is 2.24. The second-order valence-corrected chi connectivity index (χ2v) is 7.20. The molecule has 144 valence electrons. The lowest BCUT2D eigenvalue weighted by Crippen LogP contribution is -2.39. The number of amides is 1. The molecule has 28 heavy (non-hydrogen) atoms. The molecular formula is C22H23FN4O. The number of hydrogen-bond donors (Lipinski definition) is 2. The van der Waals surface area contributed by atoms with E-state index >= 15 is 0 Å².